The summed E-state index contributed by atoms with van der Waals surface area (Å²) < 4.78 is 0. The van der Waals surface area contributed by atoms with Crippen molar-refractivity contribution in [3.63, 3.8) is 0 Å². The summed E-state index contributed by atoms with van der Waals surface area (Å²) in [6.07, 6.45) is 2.62. The Labute approximate surface area is 129 Å². The Kier molecular flexibility index (Phi) is 5.78. The van der Waals surface area contributed by atoms with E-state index in [2.05, 4.69) is 27.8 Å². The van der Waals surface area contributed by atoms with Crippen LogP contribution in [0.25, 0.3) is 11.3 Å². The number of H-pyrrole nitrogens is 1. The third-order valence-electron chi connectivity index (χ3n) is 3.03. The van der Waals surface area contributed by atoms with Crippen molar-refractivity contribution in [3.05, 3.63) is 41.0 Å². The number of carbonyl (C=O) groups is 1. The van der Waals surface area contributed by atoms with Gasteiger partial charge in [-0.2, -0.15) is 5.10 Å². The number of halogens is 1. The highest BCUT2D eigenvalue weighted by molar-refractivity contribution is 6.30. The number of amides is 1. The molecule has 0 spiro atoms. The van der Waals surface area contributed by atoms with Gasteiger partial charge in [0.25, 0.3) is 5.91 Å². The molecule has 0 aliphatic heterocycles. The first-order valence-electron chi connectivity index (χ1n) is 7.00. The predicted octanol–water partition coefficient (Wildman–Crippen LogP) is 2.46. The van der Waals surface area contributed by atoms with E-state index in [4.69, 9.17) is 11.6 Å². The van der Waals surface area contributed by atoms with Gasteiger partial charge < -0.3 is 10.6 Å². The monoisotopic (exact) mass is 306 g/mol. The number of nitrogens with one attached hydrogen (secondary N) is 3. The van der Waals surface area contributed by atoms with E-state index in [0.29, 0.717) is 22.8 Å². The summed E-state index contributed by atoms with van der Waals surface area (Å²) in [5.41, 5.74) is 2.12. The Morgan fingerprint density at radius 2 is 2.00 bits per heavy atom. The molecule has 0 aliphatic carbocycles. The molecule has 5 nitrogen and oxygen atoms in total. The van der Waals surface area contributed by atoms with E-state index in [9.17, 15) is 4.79 Å². The molecule has 0 bridgehead atoms. The van der Waals surface area contributed by atoms with E-state index < -0.39 is 0 Å². The second-order valence-corrected chi connectivity index (χ2v) is 5.11. The molecule has 1 amide bonds. The summed E-state index contributed by atoms with van der Waals surface area (Å²) in [6.45, 7) is 4.41. The van der Waals surface area contributed by atoms with Crippen molar-refractivity contribution in [2.24, 2.45) is 0 Å². The lowest BCUT2D eigenvalue weighted by molar-refractivity contribution is 0.0954. The molecule has 1 aromatic heterocycles. The summed E-state index contributed by atoms with van der Waals surface area (Å²) in [7, 11) is 0. The van der Waals surface area contributed by atoms with Crippen LogP contribution in [0.2, 0.25) is 5.02 Å². The fourth-order valence-electron chi connectivity index (χ4n) is 1.96. The Balaban J connectivity index is 1.99. The van der Waals surface area contributed by atoms with Crippen LogP contribution in [-0.2, 0) is 0 Å². The molecule has 0 radical (unpaired) electrons. The standard InChI is InChI=1S/C15H19ClN4O/c1-2-7-17-8-9-18-15(21)13-10-19-20-14(13)11-3-5-12(16)6-4-11/h3-6,10,17H,2,7-9H2,1H3,(H,18,21)(H,19,20). The number of aromatic nitrogens is 2. The average Bonchev–Trinajstić information content (AvgIpc) is 2.97. The van der Waals surface area contributed by atoms with Gasteiger partial charge in [-0.05, 0) is 25.1 Å². The lowest BCUT2D eigenvalue weighted by Gasteiger charge is -2.07. The maximum absolute atomic E-state index is 12.2. The van der Waals surface area contributed by atoms with Crippen molar-refractivity contribution < 1.29 is 4.79 Å². The Morgan fingerprint density at radius 3 is 2.71 bits per heavy atom. The molecular weight excluding hydrogens is 288 g/mol. The number of hydrogen-bond acceptors (Lipinski definition) is 3. The largest absolute Gasteiger partial charge is 0.351 e. The topological polar surface area (TPSA) is 69.8 Å². The van der Waals surface area contributed by atoms with Crippen LogP contribution in [0.5, 0.6) is 0 Å². The first-order valence-corrected chi connectivity index (χ1v) is 7.38. The van der Waals surface area contributed by atoms with Gasteiger partial charge in [-0.15, -0.1) is 0 Å². The van der Waals surface area contributed by atoms with Crippen molar-refractivity contribution in [3.8, 4) is 11.3 Å². The zero-order chi connectivity index (χ0) is 15.1. The van der Waals surface area contributed by atoms with Crippen LogP contribution < -0.4 is 10.6 Å². The number of nitrogens with zero attached hydrogens (tertiary/aromatic N) is 1. The zero-order valence-corrected chi connectivity index (χ0v) is 12.7. The summed E-state index contributed by atoms with van der Waals surface area (Å²) >= 11 is 5.87. The molecule has 1 heterocycles. The predicted molar refractivity (Wildman–Crippen MR) is 84.5 cm³/mol. The van der Waals surface area contributed by atoms with Gasteiger partial charge in [-0.1, -0.05) is 30.7 Å². The minimum absolute atomic E-state index is 0.132. The van der Waals surface area contributed by atoms with Crippen LogP contribution in [0.1, 0.15) is 23.7 Å². The van der Waals surface area contributed by atoms with Gasteiger partial charge in [0, 0.05) is 23.7 Å². The quantitative estimate of drug-likeness (QED) is 0.688. The summed E-state index contributed by atoms with van der Waals surface area (Å²) in [6, 6.07) is 7.28. The molecule has 112 valence electrons. The minimum Gasteiger partial charge on any atom is -0.351 e. The second-order valence-electron chi connectivity index (χ2n) is 4.67. The van der Waals surface area contributed by atoms with E-state index in [1.807, 2.05) is 12.1 Å². The maximum atomic E-state index is 12.2. The summed E-state index contributed by atoms with van der Waals surface area (Å²) in [5, 5.41) is 13.6. The number of carbonyl (C=O) groups excluding carboxylic acids is 1. The van der Waals surface area contributed by atoms with Crippen molar-refractivity contribution in [1.82, 2.24) is 20.8 Å². The van der Waals surface area contributed by atoms with Crippen LogP contribution in [-0.4, -0.2) is 35.7 Å². The Bertz CT molecular complexity index is 580. The summed E-state index contributed by atoms with van der Waals surface area (Å²) in [5.74, 6) is -0.132. The van der Waals surface area contributed by atoms with Gasteiger partial charge in [-0.25, -0.2) is 0 Å². The van der Waals surface area contributed by atoms with Crippen LogP contribution in [0.3, 0.4) is 0 Å². The fraction of sp³-hybridized carbons (Fsp3) is 0.333. The Morgan fingerprint density at radius 1 is 1.24 bits per heavy atom. The van der Waals surface area contributed by atoms with E-state index in [1.165, 1.54) is 0 Å². The number of aromatic amines is 1. The van der Waals surface area contributed by atoms with Crippen molar-refractivity contribution in [1.29, 1.82) is 0 Å². The number of hydrogen-bond donors (Lipinski definition) is 3. The number of benzene rings is 1. The fourth-order valence-corrected chi connectivity index (χ4v) is 2.08. The second kappa shape index (κ2) is 7.81. The molecule has 6 heteroatoms. The van der Waals surface area contributed by atoms with Gasteiger partial charge in [0.1, 0.15) is 0 Å². The number of rotatable bonds is 7. The van der Waals surface area contributed by atoms with Gasteiger partial charge in [-0.3, -0.25) is 9.89 Å². The van der Waals surface area contributed by atoms with Crippen LogP contribution in [0.15, 0.2) is 30.5 Å². The molecular formula is C15H19ClN4O. The van der Waals surface area contributed by atoms with E-state index >= 15 is 0 Å². The zero-order valence-electron chi connectivity index (χ0n) is 11.9. The minimum atomic E-state index is -0.132. The molecule has 3 N–H and O–H groups in total. The van der Waals surface area contributed by atoms with Gasteiger partial charge in [0.15, 0.2) is 0 Å². The smallest absolute Gasteiger partial charge is 0.255 e. The lowest BCUT2D eigenvalue weighted by atomic mass is 10.1. The van der Waals surface area contributed by atoms with E-state index in [1.54, 1.807) is 18.3 Å². The third-order valence-corrected chi connectivity index (χ3v) is 3.28. The maximum Gasteiger partial charge on any atom is 0.255 e. The molecule has 1 aromatic carbocycles. The highest BCUT2D eigenvalue weighted by Crippen LogP contribution is 2.22. The SMILES string of the molecule is CCCNCCNC(=O)c1cn[nH]c1-c1ccc(Cl)cc1. The van der Waals surface area contributed by atoms with Crippen molar-refractivity contribution in [2.45, 2.75) is 13.3 Å². The third kappa shape index (κ3) is 4.31. The molecule has 0 aliphatic rings. The molecule has 0 saturated carbocycles. The molecule has 0 saturated heterocycles. The van der Waals surface area contributed by atoms with Crippen LogP contribution in [0.4, 0.5) is 0 Å². The van der Waals surface area contributed by atoms with E-state index in [-0.39, 0.29) is 5.91 Å². The first kappa shape index (κ1) is 15.5. The Hall–Kier alpha value is -1.85. The average molecular weight is 307 g/mol. The normalized spacial score (nSPS) is 10.6. The molecule has 0 unspecified atom stereocenters. The van der Waals surface area contributed by atoms with Gasteiger partial charge in [0.05, 0.1) is 17.5 Å². The highest BCUT2D eigenvalue weighted by atomic mass is 35.5. The molecule has 2 rings (SSSR count). The highest BCUT2D eigenvalue weighted by Gasteiger charge is 2.14. The lowest BCUT2D eigenvalue weighted by Crippen LogP contribution is -2.32. The first-order chi connectivity index (χ1) is 10.2. The molecule has 0 atom stereocenters. The van der Waals surface area contributed by atoms with Crippen molar-refractivity contribution >= 4 is 17.5 Å². The molecule has 21 heavy (non-hydrogen) atoms. The summed E-state index contributed by atoms with van der Waals surface area (Å²) in [4.78, 5) is 12.2. The van der Waals surface area contributed by atoms with Crippen LogP contribution >= 0.6 is 11.6 Å². The van der Waals surface area contributed by atoms with Crippen molar-refractivity contribution in [2.75, 3.05) is 19.6 Å². The molecule has 0 fully saturated rings. The van der Waals surface area contributed by atoms with Gasteiger partial charge in [0.2, 0.25) is 0 Å². The molecule has 2 aromatic rings. The van der Waals surface area contributed by atoms with Crippen LogP contribution in [0, 0.1) is 0 Å². The van der Waals surface area contributed by atoms with E-state index in [0.717, 1.165) is 25.1 Å². The van der Waals surface area contributed by atoms with Gasteiger partial charge >= 0.3 is 0 Å².